The van der Waals surface area contributed by atoms with E-state index in [1.165, 1.54) is 0 Å². The summed E-state index contributed by atoms with van der Waals surface area (Å²) >= 11 is 0. The lowest BCUT2D eigenvalue weighted by atomic mass is 10.1. The highest BCUT2D eigenvalue weighted by Crippen LogP contribution is 1.97. The van der Waals surface area contributed by atoms with Gasteiger partial charge >= 0.3 is 0 Å². The Kier molecular flexibility index (Phi) is 2.60. The zero-order valence-electron chi connectivity index (χ0n) is 6.36. The molecule has 1 aromatic heterocycles. The number of aromatic nitrogens is 1. The summed E-state index contributed by atoms with van der Waals surface area (Å²) in [4.78, 5) is 3.94. The van der Waals surface area contributed by atoms with Gasteiger partial charge in [-0.2, -0.15) is 0 Å². The van der Waals surface area contributed by atoms with E-state index in [0.29, 0.717) is 12.1 Å². The minimum Gasteiger partial charge on any atom is -0.411 e. The van der Waals surface area contributed by atoms with Gasteiger partial charge in [-0.15, -0.1) is 0 Å². The second-order valence-corrected chi connectivity index (χ2v) is 2.37. The maximum Gasteiger partial charge on any atom is 0.0584 e. The highest BCUT2D eigenvalue weighted by Gasteiger charge is 1.94. The largest absolute Gasteiger partial charge is 0.411 e. The van der Waals surface area contributed by atoms with Gasteiger partial charge < -0.3 is 5.21 Å². The Morgan fingerprint density at radius 1 is 1.73 bits per heavy atom. The van der Waals surface area contributed by atoms with Gasteiger partial charge in [-0.25, -0.2) is 0 Å². The van der Waals surface area contributed by atoms with Crippen molar-refractivity contribution >= 4 is 5.71 Å². The Hall–Kier alpha value is -1.38. The smallest absolute Gasteiger partial charge is 0.0584 e. The number of nitrogens with zero attached hydrogens (tertiary/aromatic N) is 2. The molecule has 0 amide bonds. The van der Waals surface area contributed by atoms with Crippen LogP contribution in [0.2, 0.25) is 0 Å². The van der Waals surface area contributed by atoms with E-state index in [2.05, 4.69) is 10.1 Å². The summed E-state index contributed by atoms with van der Waals surface area (Å²) in [6, 6.07) is 3.81. The van der Waals surface area contributed by atoms with Gasteiger partial charge in [-0.05, 0) is 18.6 Å². The second-order valence-electron chi connectivity index (χ2n) is 2.37. The molecule has 0 radical (unpaired) electrons. The lowest BCUT2D eigenvalue weighted by Crippen LogP contribution is -1.97. The van der Waals surface area contributed by atoms with Gasteiger partial charge in [0, 0.05) is 18.8 Å². The molecule has 0 unspecified atom stereocenters. The fourth-order valence-electron chi connectivity index (χ4n) is 0.833. The monoisotopic (exact) mass is 150 g/mol. The van der Waals surface area contributed by atoms with Crippen molar-refractivity contribution in [2.24, 2.45) is 5.16 Å². The molecule has 11 heavy (non-hydrogen) atoms. The molecule has 1 N–H and O–H groups in total. The third kappa shape index (κ3) is 2.37. The highest BCUT2D eigenvalue weighted by atomic mass is 16.4. The number of pyridine rings is 1. The van der Waals surface area contributed by atoms with Crippen LogP contribution in [0.5, 0.6) is 0 Å². The molecule has 0 aliphatic carbocycles. The van der Waals surface area contributed by atoms with E-state index in [9.17, 15) is 0 Å². The van der Waals surface area contributed by atoms with Crippen molar-refractivity contribution in [3.8, 4) is 0 Å². The van der Waals surface area contributed by atoms with Crippen molar-refractivity contribution in [3.05, 3.63) is 30.1 Å². The zero-order valence-corrected chi connectivity index (χ0v) is 6.36. The maximum absolute atomic E-state index is 8.36. The molecule has 1 aromatic rings. The number of rotatable bonds is 2. The number of hydrogen-bond donors (Lipinski definition) is 1. The molecule has 3 nitrogen and oxygen atoms in total. The van der Waals surface area contributed by atoms with Gasteiger partial charge in [0.25, 0.3) is 0 Å². The Morgan fingerprint density at radius 2 is 2.55 bits per heavy atom. The summed E-state index contributed by atoms with van der Waals surface area (Å²) in [6.07, 6.45) is 4.13. The van der Waals surface area contributed by atoms with Crippen molar-refractivity contribution in [1.29, 1.82) is 0 Å². The lowest BCUT2D eigenvalue weighted by Gasteiger charge is -1.96. The molecule has 0 saturated heterocycles. The molecule has 0 aliphatic heterocycles. The number of hydrogen-bond acceptors (Lipinski definition) is 3. The third-order valence-corrected chi connectivity index (χ3v) is 1.35. The number of oxime groups is 1. The van der Waals surface area contributed by atoms with Crippen LogP contribution < -0.4 is 0 Å². The van der Waals surface area contributed by atoms with Gasteiger partial charge in [-0.1, -0.05) is 11.2 Å². The van der Waals surface area contributed by atoms with Crippen LogP contribution in [0.1, 0.15) is 12.5 Å². The van der Waals surface area contributed by atoms with E-state index in [4.69, 9.17) is 5.21 Å². The summed E-state index contributed by atoms with van der Waals surface area (Å²) in [6.45, 7) is 1.77. The highest BCUT2D eigenvalue weighted by molar-refractivity contribution is 5.83. The van der Waals surface area contributed by atoms with Crippen LogP contribution in [0.4, 0.5) is 0 Å². The normalized spacial score (nSPS) is 11.5. The summed E-state index contributed by atoms with van der Waals surface area (Å²) in [5.41, 5.74) is 1.75. The van der Waals surface area contributed by atoms with Crippen molar-refractivity contribution in [3.63, 3.8) is 0 Å². The van der Waals surface area contributed by atoms with Crippen LogP contribution in [0, 0.1) is 0 Å². The molecule has 58 valence electrons. The molecule has 0 aliphatic rings. The molecule has 1 rings (SSSR count). The van der Waals surface area contributed by atoms with Crippen molar-refractivity contribution in [2.75, 3.05) is 0 Å². The minimum absolute atomic E-state index is 0.657. The average Bonchev–Trinajstić information content (AvgIpc) is 2.06. The standard InChI is InChI=1S/C8H10N2O/c1-7(10-11)5-8-3-2-4-9-6-8/h2-4,6,11H,5H2,1H3/b10-7+. The molecule has 0 atom stereocenters. The van der Waals surface area contributed by atoms with Crippen LogP contribution >= 0.6 is 0 Å². The van der Waals surface area contributed by atoms with Gasteiger partial charge in [-0.3, -0.25) is 4.98 Å². The Morgan fingerprint density at radius 3 is 3.09 bits per heavy atom. The molecule has 0 aromatic carbocycles. The van der Waals surface area contributed by atoms with Gasteiger partial charge in [0.15, 0.2) is 0 Å². The van der Waals surface area contributed by atoms with Crippen LogP contribution in [0.15, 0.2) is 29.7 Å². The van der Waals surface area contributed by atoms with Crippen LogP contribution in [0.3, 0.4) is 0 Å². The van der Waals surface area contributed by atoms with Crippen LogP contribution in [0.25, 0.3) is 0 Å². The first-order valence-corrected chi connectivity index (χ1v) is 3.39. The van der Waals surface area contributed by atoms with Gasteiger partial charge in [0.05, 0.1) is 5.71 Å². The lowest BCUT2D eigenvalue weighted by molar-refractivity contribution is 0.317. The molecule has 3 heteroatoms. The van der Waals surface area contributed by atoms with E-state index in [1.54, 1.807) is 19.3 Å². The van der Waals surface area contributed by atoms with E-state index < -0.39 is 0 Å². The van der Waals surface area contributed by atoms with Gasteiger partial charge in [0.2, 0.25) is 0 Å². The minimum atomic E-state index is 0.657. The van der Waals surface area contributed by atoms with E-state index in [-0.39, 0.29) is 0 Å². The molecule has 0 fully saturated rings. The summed E-state index contributed by atoms with van der Waals surface area (Å²) in [7, 11) is 0. The second kappa shape index (κ2) is 3.71. The molecule has 0 bridgehead atoms. The predicted octanol–water partition coefficient (Wildman–Crippen LogP) is 1.47. The molecular formula is C8H10N2O. The maximum atomic E-state index is 8.36. The first-order chi connectivity index (χ1) is 5.33. The zero-order chi connectivity index (χ0) is 8.10. The predicted molar refractivity (Wildman–Crippen MR) is 42.8 cm³/mol. The SMILES string of the molecule is C/C(Cc1cccnc1)=N\O. The van der Waals surface area contributed by atoms with Crippen LogP contribution in [-0.2, 0) is 6.42 Å². The van der Waals surface area contributed by atoms with E-state index >= 15 is 0 Å². The van der Waals surface area contributed by atoms with E-state index in [1.807, 2.05) is 12.1 Å². The molecular weight excluding hydrogens is 140 g/mol. The van der Waals surface area contributed by atoms with Crippen LogP contribution in [-0.4, -0.2) is 15.9 Å². The molecule has 0 spiro atoms. The van der Waals surface area contributed by atoms with Crippen molar-refractivity contribution in [1.82, 2.24) is 4.98 Å². The fourth-order valence-corrected chi connectivity index (χ4v) is 0.833. The Bertz CT molecular complexity index is 244. The molecule has 1 heterocycles. The van der Waals surface area contributed by atoms with Crippen molar-refractivity contribution < 1.29 is 5.21 Å². The quantitative estimate of drug-likeness (QED) is 0.394. The summed E-state index contributed by atoms with van der Waals surface area (Å²) in [5.74, 6) is 0. The topological polar surface area (TPSA) is 45.5 Å². The summed E-state index contributed by atoms with van der Waals surface area (Å²) < 4.78 is 0. The van der Waals surface area contributed by atoms with Gasteiger partial charge in [0.1, 0.15) is 0 Å². The van der Waals surface area contributed by atoms with Crippen molar-refractivity contribution in [2.45, 2.75) is 13.3 Å². The first kappa shape index (κ1) is 7.72. The average molecular weight is 150 g/mol. The Labute approximate surface area is 65.4 Å². The summed E-state index contributed by atoms with van der Waals surface area (Å²) in [5, 5.41) is 11.4. The molecule has 0 saturated carbocycles. The fraction of sp³-hybridized carbons (Fsp3) is 0.250. The van der Waals surface area contributed by atoms with E-state index in [0.717, 1.165) is 5.56 Å². The third-order valence-electron chi connectivity index (χ3n) is 1.35. The first-order valence-electron chi connectivity index (χ1n) is 3.39. The Balaban J connectivity index is 2.65.